The highest BCUT2D eigenvalue weighted by atomic mass is 35.5. The Morgan fingerprint density at radius 1 is 1.12 bits per heavy atom. The van der Waals surface area contributed by atoms with Gasteiger partial charge in [-0.1, -0.05) is 49.2 Å². The number of anilines is 1. The summed E-state index contributed by atoms with van der Waals surface area (Å²) in [6, 6.07) is 5.29. The third kappa shape index (κ3) is 2.53. The maximum absolute atomic E-state index is 13.0. The normalized spacial score (nSPS) is 21.6. The van der Waals surface area contributed by atoms with Crippen molar-refractivity contribution < 1.29 is 4.79 Å². The van der Waals surface area contributed by atoms with Gasteiger partial charge in [0.1, 0.15) is 5.82 Å². The van der Waals surface area contributed by atoms with E-state index in [1.807, 2.05) is 6.07 Å². The second kappa shape index (κ2) is 5.51. The Hall–Kier alpha value is -1.98. The number of ketones is 1. The third-order valence-electron chi connectivity index (χ3n) is 4.88. The molecule has 1 aromatic heterocycles. The van der Waals surface area contributed by atoms with Crippen LogP contribution in [-0.2, 0) is 4.79 Å². The van der Waals surface area contributed by atoms with Crippen LogP contribution in [0.4, 0.5) is 5.82 Å². The molecule has 130 valence electrons. The molecule has 2 heterocycles. The van der Waals surface area contributed by atoms with E-state index < -0.39 is 5.92 Å². The summed E-state index contributed by atoms with van der Waals surface area (Å²) < 4.78 is 0. The van der Waals surface area contributed by atoms with Crippen LogP contribution < -0.4 is 10.9 Å². The van der Waals surface area contributed by atoms with Crippen LogP contribution >= 0.6 is 23.2 Å². The molecule has 0 fully saturated rings. The van der Waals surface area contributed by atoms with E-state index in [-0.39, 0.29) is 16.8 Å². The van der Waals surface area contributed by atoms with Crippen molar-refractivity contribution in [3.63, 3.8) is 0 Å². The largest absolute Gasteiger partial charge is 0.343 e. The third-order valence-corrected chi connectivity index (χ3v) is 5.71. The molecule has 25 heavy (non-hydrogen) atoms. The first-order valence-electron chi connectivity index (χ1n) is 8.06. The molecule has 1 aromatic carbocycles. The number of nitrogens with one attached hydrogen (secondary N) is 3. The molecule has 5 nitrogen and oxygen atoms in total. The lowest BCUT2D eigenvalue weighted by Crippen LogP contribution is -2.35. The number of allylic oxidation sites excluding steroid dienone is 2. The Morgan fingerprint density at radius 3 is 2.64 bits per heavy atom. The smallest absolute Gasteiger partial charge is 0.270 e. The standard InChI is InChI=1S/C18H17Cl2N3O2/c1-18(2)6-10-13(11(24)7-18)12(8-4-3-5-9(19)15(8)20)14-16(21-10)22-23-17(14)25/h3-5,12H,6-7H2,1-2H3,(H3,21,22,23,25)/t12-/m1/s1. The van der Waals surface area contributed by atoms with Gasteiger partial charge in [-0.15, -0.1) is 0 Å². The van der Waals surface area contributed by atoms with Crippen LogP contribution in [0, 0.1) is 5.41 Å². The van der Waals surface area contributed by atoms with E-state index in [4.69, 9.17) is 23.2 Å². The van der Waals surface area contributed by atoms with Gasteiger partial charge in [0.2, 0.25) is 0 Å². The Labute approximate surface area is 154 Å². The van der Waals surface area contributed by atoms with Gasteiger partial charge in [-0.3, -0.25) is 19.8 Å². The first kappa shape index (κ1) is 16.5. The number of H-pyrrole nitrogens is 2. The summed E-state index contributed by atoms with van der Waals surface area (Å²) in [4.78, 5) is 25.4. The first-order chi connectivity index (χ1) is 11.8. The molecule has 0 amide bonds. The number of rotatable bonds is 1. The second-order valence-electron chi connectivity index (χ2n) is 7.40. The minimum Gasteiger partial charge on any atom is -0.343 e. The summed E-state index contributed by atoms with van der Waals surface area (Å²) in [5, 5.41) is 9.47. The monoisotopic (exact) mass is 377 g/mol. The fourth-order valence-corrected chi connectivity index (χ4v) is 4.29. The fourth-order valence-electron chi connectivity index (χ4n) is 3.87. The van der Waals surface area contributed by atoms with E-state index >= 15 is 0 Å². The number of benzene rings is 1. The van der Waals surface area contributed by atoms with Crippen molar-refractivity contribution in [3.8, 4) is 0 Å². The van der Waals surface area contributed by atoms with E-state index in [1.165, 1.54) is 0 Å². The molecule has 0 saturated heterocycles. The molecule has 1 aliphatic heterocycles. The molecule has 0 unspecified atom stereocenters. The van der Waals surface area contributed by atoms with Gasteiger partial charge in [-0.05, 0) is 23.5 Å². The molecular formula is C18H17Cl2N3O2. The molecule has 4 rings (SSSR count). The van der Waals surface area contributed by atoms with E-state index in [2.05, 4.69) is 29.4 Å². The van der Waals surface area contributed by atoms with Crippen molar-refractivity contribution in [1.29, 1.82) is 0 Å². The van der Waals surface area contributed by atoms with Crippen molar-refractivity contribution in [1.82, 2.24) is 10.2 Å². The number of hydrogen-bond donors (Lipinski definition) is 3. The number of carbonyl (C=O) groups excluding carboxylic acids is 1. The summed E-state index contributed by atoms with van der Waals surface area (Å²) >= 11 is 12.6. The summed E-state index contributed by atoms with van der Waals surface area (Å²) in [5.74, 6) is 0.0809. The maximum atomic E-state index is 13.0. The molecule has 7 heteroatoms. The number of aromatic nitrogens is 2. The molecule has 1 aliphatic carbocycles. The van der Waals surface area contributed by atoms with Gasteiger partial charge in [0.25, 0.3) is 5.56 Å². The average Bonchev–Trinajstić information content (AvgIpc) is 2.88. The highest BCUT2D eigenvalue weighted by molar-refractivity contribution is 6.42. The Bertz CT molecular complexity index is 984. The number of Topliss-reactive ketones (excluding diaryl/α,β-unsaturated/α-hetero) is 1. The molecule has 3 N–H and O–H groups in total. The number of halogens is 2. The molecule has 1 atom stereocenters. The van der Waals surface area contributed by atoms with E-state index in [9.17, 15) is 9.59 Å². The topological polar surface area (TPSA) is 77.8 Å². The lowest BCUT2D eigenvalue weighted by Gasteiger charge is -2.38. The number of aromatic amines is 2. The lowest BCUT2D eigenvalue weighted by molar-refractivity contribution is -0.118. The van der Waals surface area contributed by atoms with Crippen molar-refractivity contribution in [2.75, 3.05) is 5.32 Å². The highest BCUT2D eigenvalue weighted by Crippen LogP contribution is 2.49. The summed E-state index contributed by atoms with van der Waals surface area (Å²) in [7, 11) is 0. The van der Waals surface area contributed by atoms with Crippen LogP contribution in [0.3, 0.4) is 0 Å². The highest BCUT2D eigenvalue weighted by Gasteiger charge is 2.43. The van der Waals surface area contributed by atoms with Gasteiger partial charge in [0.15, 0.2) is 5.78 Å². The molecule has 2 aromatic rings. The van der Waals surface area contributed by atoms with Crippen molar-refractivity contribution in [3.05, 3.63) is 61.0 Å². The zero-order valence-electron chi connectivity index (χ0n) is 13.8. The minimum absolute atomic E-state index is 0.0334. The SMILES string of the molecule is CC1(C)CC(=O)C2=C(C1)Nc1[nH][nH]c(=O)c1[C@@H]2c1cccc(Cl)c1Cl. The summed E-state index contributed by atoms with van der Waals surface area (Å²) in [5.41, 5.74) is 2.18. The zero-order valence-corrected chi connectivity index (χ0v) is 15.3. The molecular weight excluding hydrogens is 361 g/mol. The van der Waals surface area contributed by atoms with Gasteiger partial charge >= 0.3 is 0 Å². The zero-order chi connectivity index (χ0) is 17.9. The van der Waals surface area contributed by atoms with Crippen LogP contribution in [0.25, 0.3) is 0 Å². The summed E-state index contributed by atoms with van der Waals surface area (Å²) in [6.45, 7) is 4.13. The number of fused-ring (bicyclic) bond motifs is 1. The van der Waals surface area contributed by atoms with Gasteiger partial charge in [-0.25, -0.2) is 0 Å². The Kier molecular flexibility index (Phi) is 3.63. The van der Waals surface area contributed by atoms with Crippen LogP contribution in [-0.4, -0.2) is 16.0 Å². The van der Waals surface area contributed by atoms with Crippen molar-refractivity contribution >= 4 is 34.8 Å². The fraction of sp³-hybridized carbons (Fsp3) is 0.333. The second-order valence-corrected chi connectivity index (χ2v) is 8.19. The Balaban J connectivity index is 2.00. The molecule has 0 bridgehead atoms. The predicted octanol–water partition coefficient (Wildman–Crippen LogP) is 4.21. The minimum atomic E-state index is -0.531. The molecule has 0 radical (unpaired) electrons. The van der Waals surface area contributed by atoms with E-state index in [0.717, 1.165) is 12.1 Å². The van der Waals surface area contributed by atoms with E-state index in [0.29, 0.717) is 39.0 Å². The van der Waals surface area contributed by atoms with Crippen molar-refractivity contribution in [2.24, 2.45) is 5.41 Å². The van der Waals surface area contributed by atoms with Crippen LogP contribution in [0.15, 0.2) is 34.3 Å². The van der Waals surface area contributed by atoms with Gasteiger partial charge in [-0.2, -0.15) is 0 Å². The van der Waals surface area contributed by atoms with E-state index in [1.54, 1.807) is 12.1 Å². The Morgan fingerprint density at radius 2 is 1.88 bits per heavy atom. The molecule has 0 saturated carbocycles. The lowest BCUT2D eigenvalue weighted by atomic mass is 9.69. The van der Waals surface area contributed by atoms with Crippen molar-refractivity contribution in [2.45, 2.75) is 32.6 Å². The van der Waals surface area contributed by atoms with Gasteiger partial charge in [0, 0.05) is 23.6 Å². The van der Waals surface area contributed by atoms with Gasteiger partial charge < -0.3 is 5.32 Å². The first-order valence-corrected chi connectivity index (χ1v) is 8.82. The number of carbonyl (C=O) groups is 1. The number of hydrogen-bond acceptors (Lipinski definition) is 3. The average molecular weight is 378 g/mol. The van der Waals surface area contributed by atoms with Gasteiger partial charge in [0.05, 0.1) is 15.6 Å². The quantitative estimate of drug-likeness (QED) is 0.696. The summed E-state index contributed by atoms with van der Waals surface area (Å²) in [6.07, 6.45) is 1.15. The van der Waals surface area contributed by atoms with Crippen LogP contribution in [0.5, 0.6) is 0 Å². The molecule has 0 spiro atoms. The predicted molar refractivity (Wildman–Crippen MR) is 98.4 cm³/mol. The molecule has 2 aliphatic rings. The van der Waals surface area contributed by atoms with Crippen LogP contribution in [0.1, 0.15) is 43.7 Å². The maximum Gasteiger partial charge on any atom is 0.270 e. The van der Waals surface area contributed by atoms with Crippen LogP contribution in [0.2, 0.25) is 10.0 Å².